The zero-order valence-electron chi connectivity index (χ0n) is 34.0. The topological polar surface area (TPSA) is 434 Å². The number of carbonyl (C=O) groups is 5. The number of nitrogen functional groups attached to an aromatic ring is 1. The molecule has 5 heterocycles. The van der Waals surface area contributed by atoms with Gasteiger partial charge in [-0.15, -0.1) is 0 Å². The Morgan fingerprint density at radius 3 is 2.30 bits per heavy atom. The van der Waals surface area contributed by atoms with E-state index in [-0.39, 0.29) is 42.9 Å². The summed E-state index contributed by atoms with van der Waals surface area (Å²) in [5.74, 6) is -4.17. The van der Waals surface area contributed by atoms with Crippen LogP contribution in [0.4, 0.5) is 5.95 Å². The molecule has 0 saturated carbocycles. The highest BCUT2D eigenvalue weighted by molar-refractivity contribution is 5.90. The monoisotopic (exact) mass is 902 g/mol. The summed E-state index contributed by atoms with van der Waals surface area (Å²) < 4.78 is 23.2. The minimum absolute atomic E-state index is 0.00395. The number of aliphatic hydroxyl groups is 8. The Morgan fingerprint density at radius 1 is 0.889 bits per heavy atom. The predicted octanol–water partition coefficient (Wildman–Crippen LogP) is -8.85. The normalized spacial score (nSPS) is 32.4. The number of amides is 5. The van der Waals surface area contributed by atoms with Crippen molar-refractivity contribution in [3.63, 3.8) is 0 Å². The van der Waals surface area contributed by atoms with Crippen LogP contribution in [0, 0.1) is 0 Å². The number of fused-ring (bicyclic) bond motifs is 1. The van der Waals surface area contributed by atoms with Gasteiger partial charge in [-0.1, -0.05) is 0 Å². The summed E-state index contributed by atoms with van der Waals surface area (Å²) >= 11 is 0. The van der Waals surface area contributed by atoms with Crippen LogP contribution in [-0.2, 0) is 42.9 Å². The van der Waals surface area contributed by atoms with E-state index in [1.807, 2.05) is 0 Å². The number of hydrogen-bond donors (Lipinski definition) is 15. The first-order valence-corrected chi connectivity index (χ1v) is 19.9. The van der Waals surface area contributed by atoms with E-state index in [2.05, 4.69) is 41.5 Å². The van der Waals surface area contributed by atoms with Gasteiger partial charge in [0.05, 0.1) is 25.6 Å². The first kappa shape index (κ1) is 49.0. The Kier molecular flexibility index (Phi) is 16.8. The van der Waals surface area contributed by atoms with Crippen LogP contribution >= 0.6 is 0 Å². The lowest BCUT2D eigenvalue weighted by Gasteiger charge is -2.42. The SMILES string of the molecule is CC(=O)N[C@H]1[C@H](OCC(=O)NCC(=O)N[C@@H](CCCCNC(=O)[C@H]2O[C@@H](C)[C@@H](O)[C@@H](O)[C@@H]2O)C(=O)NC[C@H]2O[C@@H](n3cnc4c(=O)[nH]c(N)nc43)[C@H](O)[C@@H]2O)O[C@H](CO)[C@@H](O)[C@@H]1O. The van der Waals surface area contributed by atoms with Gasteiger partial charge < -0.3 is 92.1 Å². The highest BCUT2D eigenvalue weighted by atomic mass is 16.7. The van der Waals surface area contributed by atoms with E-state index in [1.54, 1.807) is 0 Å². The maximum atomic E-state index is 13.5. The fraction of sp³-hybridized carbons (Fsp3) is 0.714. The molecular formula is C35H54N10O18. The predicted molar refractivity (Wildman–Crippen MR) is 207 cm³/mol. The summed E-state index contributed by atoms with van der Waals surface area (Å²) in [4.78, 5) is 86.2. The van der Waals surface area contributed by atoms with Gasteiger partial charge in [-0.2, -0.15) is 4.98 Å². The van der Waals surface area contributed by atoms with Gasteiger partial charge in [0.1, 0.15) is 73.6 Å². The standard InChI is InChI=1S/C35H54N10O18/c1-12-21(50)25(54)26(55)28(61-12)32(59)37-6-4-3-5-14(42-17(48)8-38-18(49)10-60-34-19(41-13(2)47)24(53)23(52)16(9-46)63-34)30(57)39-7-15-22(51)27(56)33(62-15)45-11-40-20-29(45)43-35(36)44-31(20)58/h11-12,14-16,19,21-28,33-34,46,50-56H,3-10H2,1-2H3,(H,37,59)(H,38,49)(H,39,57)(H,41,47)(H,42,48)(H3,36,43,44,58)/t12-,14-,15+,16+,19+,21+,22+,23+,24+,25+,26-,27+,28-,33+,34+/m0/s1. The fourth-order valence-corrected chi connectivity index (χ4v) is 7.15. The number of rotatable bonds is 18. The molecule has 0 radical (unpaired) electrons. The molecule has 3 saturated heterocycles. The molecule has 28 nitrogen and oxygen atoms in total. The highest BCUT2D eigenvalue weighted by Gasteiger charge is 2.47. The Labute approximate surface area is 356 Å². The number of nitrogens with zero attached hydrogens (tertiary/aromatic N) is 3. The lowest BCUT2D eigenvalue weighted by atomic mass is 9.95. The number of anilines is 1. The van der Waals surface area contributed by atoms with E-state index in [0.717, 1.165) is 13.3 Å². The van der Waals surface area contributed by atoms with Gasteiger partial charge in [-0.05, 0) is 26.2 Å². The summed E-state index contributed by atoms with van der Waals surface area (Å²) in [6.45, 7) is -0.0613. The first-order valence-electron chi connectivity index (χ1n) is 19.9. The zero-order valence-corrected chi connectivity index (χ0v) is 34.0. The van der Waals surface area contributed by atoms with Gasteiger partial charge in [0.15, 0.2) is 29.8 Å². The largest absolute Gasteiger partial charge is 0.394 e. The number of carbonyl (C=O) groups excluding carboxylic acids is 5. The maximum Gasteiger partial charge on any atom is 0.280 e. The molecule has 3 aliphatic rings. The molecule has 0 spiro atoms. The first-order chi connectivity index (χ1) is 29.8. The number of ether oxygens (including phenoxy) is 4. The molecule has 16 N–H and O–H groups in total. The van der Waals surface area contributed by atoms with Gasteiger partial charge in [0.25, 0.3) is 11.5 Å². The molecule has 63 heavy (non-hydrogen) atoms. The number of aliphatic hydroxyl groups excluding tert-OH is 8. The number of H-pyrrole nitrogens is 1. The van der Waals surface area contributed by atoms with Crippen LogP contribution in [-0.4, -0.2) is 208 Å². The maximum absolute atomic E-state index is 13.5. The van der Waals surface area contributed by atoms with Crippen molar-refractivity contribution in [1.82, 2.24) is 46.1 Å². The van der Waals surface area contributed by atoms with Gasteiger partial charge in [0.2, 0.25) is 29.6 Å². The second-order valence-electron chi connectivity index (χ2n) is 15.2. The second kappa shape index (κ2) is 21.6. The Balaban J connectivity index is 1.17. The molecular weight excluding hydrogens is 848 g/mol. The van der Waals surface area contributed by atoms with Crippen molar-refractivity contribution in [3.05, 3.63) is 16.7 Å². The molecule has 15 atom stereocenters. The Hall–Kier alpha value is -4.98. The number of imidazole rings is 1. The van der Waals surface area contributed by atoms with Crippen LogP contribution in [0.2, 0.25) is 0 Å². The minimum Gasteiger partial charge on any atom is -0.394 e. The summed E-state index contributed by atoms with van der Waals surface area (Å²) in [5, 5.41) is 94.1. The molecule has 2 aromatic rings. The zero-order chi connectivity index (χ0) is 46.3. The third kappa shape index (κ3) is 11.8. The highest BCUT2D eigenvalue weighted by Crippen LogP contribution is 2.31. The van der Waals surface area contributed by atoms with Crippen LogP contribution in [0.3, 0.4) is 0 Å². The molecule has 5 rings (SSSR count). The average Bonchev–Trinajstić information content (AvgIpc) is 3.79. The van der Waals surface area contributed by atoms with E-state index >= 15 is 0 Å². The van der Waals surface area contributed by atoms with Crippen molar-refractivity contribution in [2.45, 2.75) is 125 Å². The summed E-state index contributed by atoms with van der Waals surface area (Å²) in [5.41, 5.74) is 4.83. The summed E-state index contributed by atoms with van der Waals surface area (Å²) in [6.07, 6.45) is -17.4. The van der Waals surface area contributed by atoms with Gasteiger partial charge in [0, 0.05) is 20.0 Å². The van der Waals surface area contributed by atoms with Crippen molar-refractivity contribution >= 4 is 46.6 Å². The number of nitrogens with one attached hydrogen (secondary N) is 6. The molecule has 0 unspecified atom stereocenters. The van der Waals surface area contributed by atoms with Crippen molar-refractivity contribution in [2.75, 3.05) is 38.6 Å². The molecule has 352 valence electrons. The molecule has 3 aliphatic heterocycles. The summed E-state index contributed by atoms with van der Waals surface area (Å²) in [7, 11) is 0. The number of unbranched alkanes of at least 4 members (excludes halogenated alkanes) is 1. The molecule has 5 amide bonds. The van der Waals surface area contributed by atoms with E-state index in [0.29, 0.717) is 0 Å². The third-order valence-corrected chi connectivity index (χ3v) is 10.6. The molecule has 3 fully saturated rings. The Morgan fingerprint density at radius 2 is 1.60 bits per heavy atom. The molecule has 28 heteroatoms. The second-order valence-corrected chi connectivity index (χ2v) is 15.2. The number of nitrogens with two attached hydrogens (primary N) is 1. The van der Waals surface area contributed by atoms with E-state index in [1.165, 1.54) is 11.5 Å². The van der Waals surface area contributed by atoms with Gasteiger partial charge >= 0.3 is 0 Å². The number of hydrogen-bond acceptors (Lipinski definition) is 21. The van der Waals surface area contributed by atoms with Crippen LogP contribution in [0.25, 0.3) is 11.2 Å². The van der Waals surface area contributed by atoms with Crippen LogP contribution in [0.1, 0.15) is 39.3 Å². The molecule has 2 aromatic heterocycles. The van der Waals surface area contributed by atoms with Crippen molar-refractivity contribution < 1.29 is 83.8 Å². The molecule has 0 aromatic carbocycles. The van der Waals surface area contributed by atoms with Crippen molar-refractivity contribution in [3.8, 4) is 0 Å². The summed E-state index contributed by atoms with van der Waals surface area (Å²) in [6, 6.07) is -2.63. The van der Waals surface area contributed by atoms with Crippen LogP contribution in [0.15, 0.2) is 11.1 Å². The van der Waals surface area contributed by atoms with E-state index in [9.17, 15) is 69.6 Å². The van der Waals surface area contributed by atoms with Crippen LogP contribution < -0.4 is 37.9 Å². The fourth-order valence-electron chi connectivity index (χ4n) is 7.15. The third-order valence-electron chi connectivity index (χ3n) is 10.6. The average molecular weight is 903 g/mol. The van der Waals surface area contributed by atoms with E-state index < -0.39 is 153 Å². The lowest BCUT2D eigenvalue weighted by molar-refractivity contribution is -0.268. The smallest absolute Gasteiger partial charge is 0.280 e. The van der Waals surface area contributed by atoms with E-state index in [4.69, 9.17) is 24.7 Å². The van der Waals surface area contributed by atoms with Gasteiger partial charge in [-0.25, -0.2) is 4.98 Å². The molecule has 0 bridgehead atoms. The van der Waals surface area contributed by atoms with Gasteiger partial charge in [-0.3, -0.25) is 38.3 Å². The number of aromatic amines is 1. The van der Waals surface area contributed by atoms with Crippen molar-refractivity contribution in [2.24, 2.45) is 0 Å². The quantitative estimate of drug-likeness (QED) is 0.0618. The Bertz CT molecular complexity index is 1990. The molecule has 0 aliphatic carbocycles. The lowest BCUT2D eigenvalue weighted by Crippen LogP contribution is -2.64. The van der Waals surface area contributed by atoms with Crippen LogP contribution in [0.5, 0.6) is 0 Å². The van der Waals surface area contributed by atoms with Crippen molar-refractivity contribution in [1.29, 1.82) is 0 Å². The minimum atomic E-state index is -1.70. The number of aromatic nitrogens is 4.